The van der Waals surface area contributed by atoms with Gasteiger partial charge in [-0.2, -0.15) is 16.8 Å². The van der Waals surface area contributed by atoms with Crippen LogP contribution in [0.3, 0.4) is 0 Å². The number of aliphatic hydroxyl groups is 21. The molecule has 0 aromatic heterocycles. The van der Waals surface area contributed by atoms with Gasteiger partial charge in [0.25, 0.3) is 20.2 Å². The molecule has 0 aromatic carbocycles. The molecule has 552 valence electrons. The van der Waals surface area contributed by atoms with Crippen molar-refractivity contribution >= 4 is 20.2 Å². The van der Waals surface area contributed by atoms with Crippen LogP contribution in [0.15, 0.2) is 0 Å². The van der Waals surface area contributed by atoms with Gasteiger partial charge in [0.05, 0.1) is 46.2 Å². The first-order chi connectivity index (χ1) is 44.3. The highest BCUT2D eigenvalue weighted by Gasteiger charge is 2.60. The maximum atomic E-state index is 11.3. The van der Waals surface area contributed by atoms with E-state index < -0.39 is 292 Å². The predicted octanol–water partition coefficient (Wildman–Crippen LogP) is -14.2. The van der Waals surface area contributed by atoms with Gasteiger partial charge in [0, 0.05) is 0 Å². The zero-order valence-electron chi connectivity index (χ0n) is 50.0. The molecule has 21 heterocycles. The highest BCUT2D eigenvalue weighted by atomic mass is 32.2. The average Bonchev–Trinajstić information content (AvgIpc) is 0.780. The fourth-order valence-corrected chi connectivity index (χ4v) is 13.3. The number of hydrogen-bond donors (Lipinski definition) is 23. The van der Waals surface area contributed by atoms with Gasteiger partial charge in [-0.1, -0.05) is 26.7 Å². The molecule has 44 heteroatoms. The van der Waals surface area contributed by atoms with Crippen molar-refractivity contribution in [2.24, 2.45) is 0 Å². The van der Waals surface area contributed by atoms with E-state index in [1.807, 2.05) is 0 Å². The molecule has 21 rings (SSSR count). The van der Waals surface area contributed by atoms with Gasteiger partial charge < -0.3 is 178 Å². The summed E-state index contributed by atoms with van der Waals surface area (Å²) < 4.78 is 146. The van der Waals surface area contributed by atoms with Crippen molar-refractivity contribution in [2.45, 2.75) is 265 Å². The van der Waals surface area contributed by atoms with Crippen LogP contribution in [0, 0.1) is 0 Å². The van der Waals surface area contributed by atoms with E-state index in [1.165, 1.54) is 0 Å². The van der Waals surface area contributed by atoms with Crippen LogP contribution in [0.25, 0.3) is 0 Å². The molecule has 21 aliphatic rings. The first-order valence-corrected chi connectivity index (χ1v) is 32.8. The topological polar surface area (TPSA) is 672 Å². The van der Waals surface area contributed by atoms with Gasteiger partial charge in [-0.25, -0.2) is 0 Å². The molecule has 23 N–H and O–H groups in total. The van der Waals surface area contributed by atoms with E-state index in [0.29, 0.717) is 12.8 Å². The monoisotopic (exact) mass is 1420 g/mol. The normalized spacial score (nSPS) is 48.4. The summed E-state index contributed by atoms with van der Waals surface area (Å²) in [5, 5.41) is 230. The largest absolute Gasteiger partial charge is 0.394 e. The Bertz CT molecular complexity index is 2110. The molecular formula is C50H88O42S2. The maximum Gasteiger partial charge on any atom is 0.292 e. The molecule has 21 fully saturated rings. The molecule has 37 atom stereocenters. The molecule has 0 radical (unpaired) electrons. The van der Waals surface area contributed by atoms with Gasteiger partial charge in [-0.15, -0.1) is 0 Å². The highest BCUT2D eigenvalue weighted by molar-refractivity contribution is 7.87. The minimum absolute atomic E-state index is 0.0471. The summed E-state index contributed by atoms with van der Waals surface area (Å²) in [5.41, 5.74) is -3.27. The Balaban J connectivity index is 0.000000644. The summed E-state index contributed by atoms with van der Waals surface area (Å²) in [5.74, 6) is 0. The van der Waals surface area contributed by atoms with Gasteiger partial charge in [-0.3, -0.25) is 9.11 Å². The fourth-order valence-electron chi connectivity index (χ4n) is 11.6. The Morgan fingerprint density at radius 3 is 0.511 bits per heavy atom. The lowest BCUT2D eigenvalue weighted by atomic mass is 9.95. The number of ether oxygens (including phenoxy) is 15. The molecular weight excluding hydrogens is 1340 g/mol. The van der Waals surface area contributed by atoms with E-state index in [9.17, 15) is 124 Å². The summed E-state index contributed by atoms with van der Waals surface area (Å²) in [4.78, 5) is 0. The Morgan fingerprint density at radius 1 is 0.266 bits per heavy atom. The van der Waals surface area contributed by atoms with Crippen LogP contribution in [0.2, 0.25) is 0 Å². The first-order valence-electron chi connectivity index (χ1n) is 29.8. The summed E-state index contributed by atoms with van der Waals surface area (Å²) in [6.07, 6.45) is -69.6. The summed E-state index contributed by atoms with van der Waals surface area (Å²) in [6, 6.07) is 0. The zero-order valence-corrected chi connectivity index (χ0v) is 51.6. The molecule has 0 amide bonds. The van der Waals surface area contributed by atoms with Crippen LogP contribution in [-0.2, 0) is 91.3 Å². The predicted molar refractivity (Wildman–Crippen MR) is 290 cm³/mol. The van der Waals surface area contributed by atoms with E-state index >= 15 is 0 Å². The van der Waals surface area contributed by atoms with Crippen LogP contribution < -0.4 is 0 Å². The van der Waals surface area contributed by atoms with Crippen molar-refractivity contribution in [1.82, 2.24) is 0 Å². The second-order valence-corrected chi connectivity index (χ2v) is 26.4. The van der Waals surface area contributed by atoms with Crippen LogP contribution in [0.5, 0.6) is 0 Å². The molecule has 0 saturated carbocycles. The highest BCUT2D eigenvalue weighted by Crippen LogP contribution is 2.39. The lowest BCUT2D eigenvalue weighted by Crippen LogP contribution is -2.68. The molecule has 21 aliphatic heterocycles. The maximum absolute atomic E-state index is 11.3. The van der Waals surface area contributed by atoms with Gasteiger partial charge in [0.1, 0.15) is 171 Å². The fraction of sp³-hybridized carbons (Fsp3) is 1.00. The quantitative estimate of drug-likeness (QED) is 0.0677. The minimum atomic E-state index is -4.50. The van der Waals surface area contributed by atoms with E-state index in [4.69, 9.17) is 80.2 Å². The summed E-state index contributed by atoms with van der Waals surface area (Å²) in [6.45, 7) is -4.01. The first kappa shape index (κ1) is 79.7. The van der Waals surface area contributed by atoms with E-state index in [2.05, 4.69) is 0 Å². The Morgan fingerprint density at radius 2 is 0.404 bits per heavy atom. The second kappa shape index (κ2) is 34.4. The summed E-state index contributed by atoms with van der Waals surface area (Å²) >= 11 is 0. The third-order valence-electron chi connectivity index (χ3n) is 16.8. The number of aliphatic hydroxyl groups excluding tert-OH is 21. The van der Waals surface area contributed by atoms with Gasteiger partial charge in [0.2, 0.25) is 0 Å². The van der Waals surface area contributed by atoms with Gasteiger partial charge in [0.15, 0.2) is 54.9 Å². The van der Waals surface area contributed by atoms with Crippen LogP contribution in [0.4, 0.5) is 0 Å². The third kappa shape index (κ3) is 17.6. The van der Waals surface area contributed by atoms with Gasteiger partial charge >= 0.3 is 0 Å². The second-order valence-electron chi connectivity index (χ2n) is 23.3. The Labute approximate surface area is 534 Å². The lowest BCUT2D eigenvalue weighted by Gasteiger charge is -2.50. The van der Waals surface area contributed by atoms with E-state index in [-0.39, 0.29) is 12.8 Å². The molecule has 21 saturated heterocycles. The van der Waals surface area contributed by atoms with Crippen molar-refractivity contribution in [3.8, 4) is 0 Å². The Kier molecular flexibility index (Phi) is 29.1. The minimum Gasteiger partial charge on any atom is -0.394 e. The lowest BCUT2D eigenvalue weighted by molar-refractivity contribution is -0.396. The SMILES string of the molecule is CCCC(OC(CCC)S(=O)(=O)O)S(=O)(=O)O.OC[C@H]1O[C@@H]2O[C@H]3[C@H](O)[C@@H](O)[C@@H](O[C@H]4[C@H](O)[C@@H](O)[C@@H](O[C@H]5[C@H](O)[C@@H](O)[C@@H](O[C@H]6[C@H](O)[C@@H](O)[C@@H](O[C@H]7[C@H](O)[C@@H](O)[C@@H](O[C@H]8[C@H](O)[C@@H](O)[C@@H](O[C@H]1[C@H](O)[C@H]2O)O[C@@H]8CO)O[C@@H]7CO)O[C@@H]6CO)O[C@@H]5CO)O[C@@H]4CO)O[C@@H]3CO. The Hall–Kier alpha value is -1.62. The van der Waals surface area contributed by atoms with E-state index in [1.54, 1.807) is 13.8 Å². The molecule has 0 aromatic rings. The van der Waals surface area contributed by atoms with E-state index in [0.717, 1.165) is 0 Å². The summed E-state index contributed by atoms with van der Waals surface area (Å²) in [7, 11) is -9.00. The van der Waals surface area contributed by atoms with Crippen molar-refractivity contribution < 1.29 is 204 Å². The average molecular weight is 1430 g/mol. The molecule has 0 aliphatic carbocycles. The van der Waals surface area contributed by atoms with Gasteiger partial charge in [-0.05, 0) is 12.8 Å². The molecule has 2 unspecified atom stereocenters. The standard InChI is InChI=1S/C42H70O35.C8H18O7S2/c43-1-8-29-15(50)22(57)36(64-8)72-30-9(2-44)66-38(24(59)17(30)52)74-32-11(4-46)68-40(26(61)19(32)54)76-34-13(6-48)70-42(28(63)21(34)56)77-35-14(7-49)69-41(27(62)20(35)55)75-33-12(5-47)67-39(25(60)18(33)53)73-31-10(3-45)65-37(71-29)23(58)16(31)51;1-3-5-7(16(9,10)11)15-8(6-4-2)17(12,13)14/h8-63H,1-7H2;7-8H,3-6H2,1-2H3,(H,9,10,11)(H,12,13,14)/t8-,9-,10-,11-,12-,13-,14-,15-,16-,17-,18-,19-,20-,21-,22-,23-,24-,25-,26-,27-,28-,29-,30-,31-,32-,33-,34-,35-,36-,37-,38-,39-,40-,41-,42-;/m1./s1. The smallest absolute Gasteiger partial charge is 0.292 e. The van der Waals surface area contributed by atoms with Crippen molar-refractivity contribution in [3.63, 3.8) is 0 Å². The van der Waals surface area contributed by atoms with Crippen molar-refractivity contribution in [3.05, 3.63) is 0 Å². The molecule has 94 heavy (non-hydrogen) atoms. The molecule has 0 spiro atoms. The van der Waals surface area contributed by atoms with Crippen LogP contribution in [0.1, 0.15) is 39.5 Å². The molecule has 42 nitrogen and oxygen atoms in total. The van der Waals surface area contributed by atoms with Crippen LogP contribution in [-0.4, -0.2) is 405 Å². The number of hydrogen-bond acceptors (Lipinski definition) is 40. The van der Waals surface area contributed by atoms with Crippen molar-refractivity contribution in [2.75, 3.05) is 46.2 Å². The van der Waals surface area contributed by atoms with Crippen LogP contribution >= 0.6 is 0 Å². The van der Waals surface area contributed by atoms with Crippen molar-refractivity contribution in [1.29, 1.82) is 0 Å². The number of rotatable bonds is 15. The zero-order chi connectivity index (χ0) is 69.7. The molecule has 14 bridgehead atoms. The third-order valence-corrected chi connectivity index (χ3v) is 18.8.